The number of hydrogen-bond acceptors (Lipinski definition) is 4. The molecule has 5 heteroatoms. The van der Waals surface area contributed by atoms with Crippen molar-refractivity contribution in [2.45, 2.75) is 33.3 Å². The fourth-order valence-corrected chi connectivity index (χ4v) is 1.55. The van der Waals surface area contributed by atoms with E-state index in [1.165, 1.54) is 0 Å². The number of nitriles is 1. The van der Waals surface area contributed by atoms with Gasteiger partial charge in [-0.3, -0.25) is 5.01 Å². The molecule has 0 aliphatic rings. The van der Waals surface area contributed by atoms with Crippen molar-refractivity contribution in [1.82, 2.24) is 5.43 Å². The first-order chi connectivity index (χ1) is 9.85. The number of nitrogens with one attached hydrogen (secondary N) is 1. The van der Waals surface area contributed by atoms with E-state index in [1.807, 2.05) is 39.8 Å². The molecule has 1 amide bonds. The Morgan fingerprint density at radius 2 is 2.00 bits per heavy atom. The largest absolute Gasteiger partial charge is 0.443 e. The highest BCUT2D eigenvalue weighted by Crippen LogP contribution is 2.14. The van der Waals surface area contributed by atoms with Gasteiger partial charge in [-0.05, 0) is 52.0 Å². The van der Waals surface area contributed by atoms with E-state index in [4.69, 9.17) is 10.00 Å². The van der Waals surface area contributed by atoms with E-state index >= 15 is 0 Å². The Labute approximate surface area is 125 Å². The van der Waals surface area contributed by atoms with Crippen molar-refractivity contribution in [3.8, 4) is 6.07 Å². The Bertz CT molecular complexity index is 536. The summed E-state index contributed by atoms with van der Waals surface area (Å²) in [6, 6.07) is 9.02. The van der Waals surface area contributed by atoms with E-state index in [2.05, 4.69) is 11.5 Å². The van der Waals surface area contributed by atoms with E-state index in [-0.39, 0.29) is 0 Å². The quantitative estimate of drug-likeness (QED) is 0.681. The topological polar surface area (TPSA) is 65.4 Å². The van der Waals surface area contributed by atoms with Crippen molar-refractivity contribution in [2.75, 3.05) is 11.6 Å². The first kappa shape index (κ1) is 16.6. The van der Waals surface area contributed by atoms with Gasteiger partial charge in [-0.25, -0.2) is 10.2 Å². The number of amides is 1. The molecule has 0 aliphatic carbocycles. The van der Waals surface area contributed by atoms with Gasteiger partial charge in [0, 0.05) is 0 Å². The number of nitrogens with zero attached hydrogens (tertiary/aromatic N) is 2. The maximum atomic E-state index is 11.9. The van der Waals surface area contributed by atoms with E-state index in [1.54, 1.807) is 29.3 Å². The van der Waals surface area contributed by atoms with E-state index in [0.29, 0.717) is 12.1 Å². The number of benzene rings is 1. The van der Waals surface area contributed by atoms with Crippen LogP contribution in [-0.2, 0) is 4.74 Å². The normalized spacial score (nSPS) is 11.0. The predicted molar refractivity (Wildman–Crippen MR) is 82.7 cm³/mol. The molecule has 0 saturated carbocycles. The van der Waals surface area contributed by atoms with E-state index in [0.717, 1.165) is 5.69 Å². The van der Waals surface area contributed by atoms with Crippen LogP contribution in [0.2, 0.25) is 0 Å². The second-order valence-corrected chi connectivity index (χ2v) is 5.45. The molecule has 0 bridgehead atoms. The number of allylic oxidation sites excluding steroid dienone is 1. The Kier molecular flexibility index (Phi) is 5.79. The second kappa shape index (κ2) is 7.34. The molecular formula is C16H21N3O2. The minimum absolute atomic E-state index is 0.502. The number of rotatable bonds is 4. The van der Waals surface area contributed by atoms with Crippen LogP contribution >= 0.6 is 0 Å². The van der Waals surface area contributed by atoms with Crippen LogP contribution in [0.5, 0.6) is 0 Å². The first-order valence-electron chi connectivity index (χ1n) is 6.74. The molecule has 0 radical (unpaired) electrons. The predicted octanol–water partition coefficient (Wildman–Crippen LogP) is 3.38. The number of ether oxygens (including phenoxy) is 1. The van der Waals surface area contributed by atoms with Crippen LogP contribution in [0.15, 0.2) is 36.4 Å². The lowest BCUT2D eigenvalue weighted by molar-refractivity contribution is 0.0522. The molecule has 5 nitrogen and oxygen atoms in total. The lowest BCUT2D eigenvalue weighted by Gasteiger charge is -2.26. The molecule has 0 aromatic heterocycles. The van der Waals surface area contributed by atoms with Crippen molar-refractivity contribution < 1.29 is 9.53 Å². The van der Waals surface area contributed by atoms with Gasteiger partial charge in [0.05, 0.1) is 23.9 Å². The summed E-state index contributed by atoms with van der Waals surface area (Å²) in [5.74, 6) is 0. The van der Waals surface area contributed by atoms with Gasteiger partial charge in [0.1, 0.15) is 5.60 Å². The van der Waals surface area contributed by atoms with Crippen LogP contribution < -0.4 is 10.4 Å². The highest BCUT2D eigenvalue weighted by atomic mass is 16.6. The molecule has 0 atom stereocenters. The average Bonchev–Trinajstić information content (AvgIpc) is 2.41. The molecule has 0 saturated heterocycles. The highest BCUT2D eigenvalue weighted by molar-refractivity contribution is 5.70. The zero-order chi connectivity index (χ0) is 15.9. The Balaban J connectivity index is 2.84. The maximum Gasteiger partial charge on any atom is 0.426 e. The minimum Gasteiger partial charge on any atom is -0.443 e. The van der Waals surface area contributed by atoms with Gasteiger partial charge in [-0.2, -0.15) is 5.26 Å². The van der Waals surface area contributed by atoms with Crippen molar-refractivity contribution in [1.29, 1.82) is 5.26 Å². The third-order valence-electron chi connectivity index (χ3n) is 2.46. The fraction of sp³-hybridized carbons (Fsp3) is 0.375. The van der Waals surface area contributed by atoms with Crippen LogP contribution in [0, 0.1) is 11.3 Å². The molecule has 112 valence electrons. The van der Waals surface area contributed by atoms with Crippen LogP contribution in [-0.4, -0.2) is 18.2 Å². The molecule has 1 rings (SSSR count). The van der Waals surface area contributed by atoms with Crippen LogP contribution in [0.4, 0.5) is 10.5 Å². The minimum atomic E-state index is -0.555. The van der Waals surface area contributed by atoms with Gasteiger partial charge in [-0.1, -0.05) is 12.2 Å². The Hall–Kier alpha value is -2.48. The second-order valence-electron chi connectivity index (χ2n) is 5.45. The molecule has 0 unspecified atom stereocenters. The summed E-state index contributed by atoms with van der Waals surface area (Å²) in [6.07, 6.45) is 3.29. The molecule has 1 N–H and O–H groups in total. The molecule has 0 heterocycles. The third-order valence-corrected chi connectivity index (χ3v) is 2.46. The maximum absolute atomic E-state index is 11.9. The number of hydrogen-bond donors (Lipinski definition) is 1. The molecule has 0 aliphatic heterocycles. The van der Waals surface area contributed by atoms with E-state index < -0.39 is 11.7 Å². The van der Waals surface area contributed by atoms with Crippen molar-refractivity contribution >= 4 is 11.8 Å². The molecule has 1 aromatic rings. The number of anilines is 1. The summed E-state index contributed by atoms with van der Waals surface area (Å²) in [6.45, 7) is 7.84. The Morgan fingerprint density at radius 3 is 2.48 bits per heavy atom. The fourth-order valence-electron chi connectivity index (χ4n) is 1.55. The van der Waals surface area contributed by atoms with Crippen LogP contribution in [0.25, 0.3) is 0 Å². The summed E-state index contributed by atoms with van der Waals surface area (Å²) in [5.41, 5.74) is 3.49. The average molecular weight is 287 g/mol. The molecular weight excluding hydrogens is 266 g/mol. The van der Waals surface area contributed by atoms with Crippen molar-refractivity contribution in [3.63, 3.8) is 0 Å². The first-order valence-corrected chi connectivity index (χ1v) is 6.74. The summed E-state index contributed by atoms with van der Waals surface area (Å²) in [7, 11) is 0. The van der Waals surface area contributed by atoms with Gasteiger partial charge in [-0.15, -0.1) is 0 Å². The third kappa shape index (κ3) is 6.00. The molecule has 1 aromatic carbocycles. The van der Waals surface area contributed by atoms with Crippen LogP contribution in [0.3, 0.4) is 0 Å². The Morgan fingerprint density at radius 1 is 1.38 bits per heavy atom. The van der Waals surface area contributed by atoms with Gasteiger partial charge >= 0.3 is 6.09 Å². The number of carbonyl (C=O) groups is 1. The zero-order valence-electron chi connectivity index (χ0n) is 12.9. The van der Waals surface area contributed by atoms with Gasteiger partial charge < -0.3 is 4.74 Å². The summed E-state index contributed by atoms with van der Waals surface area (Å²) in [4.78, 5) is 11.9. The molecule has 21 heavy (non-hydrogen) atoms. The van der Waals surface area contributed by atoms with E-state index in [9.17, 15) is 4.79 Å². The molecule has 0 fully saturated rings. The monoisotopic (exact) mass is 287 g/mol. The van der Waals surface area contributed by atoms with Crippen LogP contribution in [0.1, 0.15) is 33.3 Å². The van der Waals surface area contributed by atoms with Crippen molar-refractivity contribution in [2.24, 2.45) is 0 Å². The zero-order valence-corrected chi connectivity index (χ0v) is 12.9. The number of carbonyl (C=O) groups excluding carboxylic acids is 1. The van der Waals surface area contributed by atoms with Gasteiger partial charge in [0.15, 0.2) is 0 Å². The van der Waals surface area contributed by atoms with Gasteiger partial charge in [0.2, 0.25) is 0 Å². The SMILES string of the molecule is C/C=C/CN(NC(=O)OC(C)(C)C)c1ccc(C#N)cc1. The summed E-state index contributed by atoms with van der Waals surface area (Å²) in [5, 5.41) is 10.5. The lowest BCUT2D eigenvalue weighted by atomic mass is 10.2. The smallest absolute Gasteiger partial charge is 0.426 e. The highest BCUT2D eigenvalue weighted by Gasteiger charge is 2.18. The molecule has 0 spiro atoms. The standard InChI is InChI=1S/C16H21N3O2/c1-5-6-11-19(18-15(20)21-16(2,3)4)14-9-7-13(12-17)8-10-14/h5-10H,11H2,1-4H3,(H,18,20)/b6-5+. The van der Waals surface area contributed by atoms with Gasteiger partial charge in [0.25, 0.3) is 0 Å². The van der Waals surface area contributed by atoms with Crippen molar-refractivity contribution in [3.05, 3.63) is 42.0 Å². The summed E-state index contributed by atoms with van der Waals surface area (Å²) >= 11 is 0. The number of hydrazine groups is 1. The summed E-state index contributed by atoms with van der Waals surface area (Å²) < 4.78 is 5.25. The lowest BCUT2D eigenvalue weighted by Crippen LogP contribution is -2.45.